The highest BCUT2D eigenvalue weighted by Crippen LogP contribution is 2.44. The first kappa shape index (κ1) is 15.4. The fraction of sp³-hybridized carbons (Fsp3) is 0.474. The van der Waals surface area contributed by atoms with Crippen LogP contribution in [0.1, 0.15) is 57.1 Å². The summed E-state index contributed by atoms with van der Waals surface area (Å²) in [7, 11) is 0. The second-order valence-electron chi connectivity index (χ2n) is 5.79. The average molecular weight is 289 g/mol. The van der Waals surface area contributed by atoms with Crippen LogP contribution in [-0.2, 0) is 0 Å². The van der Waals surface area contributed by atoms with Crippen LogP contribution in [0.15, 0.2) is 35.9 Å². The minimum Gasteiger partial charge on any atom is -0.0908 e. The lowest BCUT2D eigenvalue weighted by Crippen LogP contribution is -1.99. The number of benzene rings is 1. The third-order valence-corrected chi connectivity index (χ3v) is 4.53. The molecule has 0 bridgehead atoms. The topological polar surface area (TPSA) is 0 Å². The highest BCUT2D eigenvalue weighted by atomic mass is 35.5. The Morgan fingerprint density at radius 1 is 1.30 bits per heavy atom. The van der Waals surface area contributed by atoms with Crippen molar-refractivity contribution in [3.05, 3.63) is 52.1 Å². The standard InChI is InChI=1S/C19H25Cl/c1-5-8-17(15-11-12-15)16(6-2)14(4)19-13(3)9-7-10-18(19)20/h7,9-10,15H,4-6,8,11-12H2,1-3H3/b17-16+. The zero-order chi connectivity index (χ0) is 14.7. The van der Waals surface area contributed by atoms with Crippen LogP contribution in [0.3, 0.4) is 0 Å². The first-order valence-electron chi connectivity index (χ1n) is 7.76. The molecule has 1 aromatic carbocycles. The molecule has 0 atom stereocenters. The Morgan fingerprint density at radius 2 is 2.00 bits per heavy atom. The molecule has 1 fully saturated rings. The summed E-state index contributed by atoms with van der Waals surface area (Å²) in [6, 6.07) is 6.10. The molecule has 0 unspecified atom stereocenters. The van der Waals surface area contributed by atoms with E-state index in [1.165, 1.54) is 36.8 Å². The van der Waals surface area contributed by atoms with Gasteiger partial charge in [-0.15, -0.1) is 0 Å². The van der Waals surface area contributed by atoms with Gasteiger partial charge in [0.25, 0.3) is 0 Å². The monoisotopic (exact) mass is 288 g/mol. The molecule has 0 saturated heterocycles. The van der Waals surface area contributed by atoms with Gasteiger partial charge in [-0.1, -0.05) is 56.2 Å². The zero-order valence-electron chi connectivity index (χ0n) is 12.9. The molecule has 1 saturated carbocycles. The Hall–Kier alpha value is -1.01. The third kappa shape index (κ3) is 3.17. The van der Waals surface area contributed by atoms with Crippen LogP contribution in [0.5, 0.6) is 0 Å². The van der Waals surface area contributed by atoms with Crippen LogP contribution >= 0.6 is 11.6 Å². The Bertz CT molecular complexity index is 512. The highest BCUT2D eigenvalue weighted by molar-refractivity contribution is 6.32. The van der Waals surface area contributed by atoms with Gasteiger partial charge < -0.3 is 0 Å². The summed E-state index contributed by atoms with van der Waals surface area (Å²) in [6.45, 7) is 11.0. The Labute approximate surface area is 128 Å². The SMILES string of the molecule is C=C(/C(CC)=C(\CCC)C1CC1)c1c(C)cccc1Cl. The smallest absolute Gasteiger partial charge is 0.0486 e. The van der Waals surface area contributed by atoms with Gasteiger partial charge in [0.05, 0.1) is 0 Å². The maximum atomic E-state index is 6.42. The summed E-state index contributed by atoms with van der Waals surface area (Å²) >= 11 is 6.42. The maximum Gasteiger partial charge on any atom is 0.0486 e. The first-order chi connectivity index (χ1) is 9.60. The predicted molar refractivity (Wildman–Crippen MR) is 90.2 cm³/mol. The molecular formula is C19H25Cl. The van der Waals surface area contributed by atoms with Crippen molar-refractivity contribution < 1.29 is 0 Å². The van der Waals surface area contributed by atoms with Crippen molar-refractivity contribution in [1.29, 1.82) is 0 Å². The van der Waals surface area contributed by atoms with Gasteiger partial charge >= 0.3 is 0 Å². The second-order valence-corrected chi connectivity index (χ2v) is 6.20. The van der Waals surface area contributed by atoms with E-state index in [-0.39, 0.29) is 0 Å². The number of hydrogen-bond donors (Lipinski definition) is 0. The van der Waals surface area contributed by atoms with Crippen molar-refractivity contribution in [3.63, 3.8) is 0 Å². The Kier molecular flexibility index (Phi) is 5.10. The molecule has 0 amide bonds. The molecule has 1 heteroatoms. The maximum absolute atomic E-state index is 6.42. The summed E-state index contributed by atoms with van der Waals surface area (Å²) in [5.74, 6) is 0.810. The van der Waals surface area contributed by atoms with E-state index in [4.69, 9.17) is 11.6 Å². The average Bonchev–Trinajstić information content (AvgIpc) is 3.22. The third-order valence-electron chi connectivity index (χ3n) is 4.22. The minimum absolute atomic E-state index is 0.810. The number of hydrogen-bond acceptors (Lipinski definition) is 0. The molecule has 0 spiro atoms. The number of aryl methyl sites for hydroxylation is 1. The first-order valence-corrected chi connectivity index (χ1v) is 8.14. The molecular weight excluding hydrogens is 264 g/mol. The van der Waals surface area contributed by atoms with Crippen molar-refractivity contribution in [1.82, 2.24) is 0 Å². The lowest BCUT2D eigenvalue weighted by atomic mass is 9.87. The van der Waals surface area contributed by atoms with Gasteiger partial charge in [0.15, 0.2) is 0 Å². The summed E-state index contributed by atoms with van der Waals surface area (Å²) in [5, 5.41) is 0.826. The van der Waals surface area contributed by atoms with Crippen molar-refractivity contribution in [2.45, 2.75) is 52.9 Å². The summed E-state index contributed by atoms with van der Waals surface area (Å²) in [5.41, 5.74) is 6.59. The van der Waals surface area contributed by atoms with Gasteiger partial charge in [-0.2, -0.15) is 0 Å². The fourth-order valence-electron chi connectivity index (χ4n) is 3.10. The zero-order valence-corrected chi connectivity index (χ0v) is 13.7. The molecule has 20 heavy (non-hydrogen) atoms. The molecule has 0 heterocycles. The quantitative estimate of drug-likeness (QED) is 0.519. The van der Waals surface area contributed by atoms with E-state index in [1.54, 1.807) is 5.57 Å². The van der Waals surface area contributed by atoms with Crippen LogP contribution in [0.4, 0.5) is 0 Å². The molecule has 0 aromatic heterocycles. The molecule has 108 valence electrons. The van der Waals surface area contributed by atoms with Gasteiger partial charge in [-0.3, -0.25) is 0 Å². The molecule has 1 aliphatic rings. The van der Waals surface area contributed by atoms with Crippen molar-refractivity contribution in [2.24, 2.45) is 5.92 Å². The summed E-state index contributed by atoms with van der Waals surface area (Å²) in [4.78, 5) is 0. The van der Waals surface area contributed by atoms with E-state index < -0.39 is 0 Å². The Morgan fingerprint density at radius 3 is 2.50 bits per heavy atom. The number of rotatable bonds is 6. The van der Waals surface area contributed by atoms with E-state index >= 15 is 0 Å². The molecule has 0 aliphatic heterocycles. The number of allylic oxidation sites excluding steroid dienone is 3. The van der Waals surface area contributed by atoms with Gasteiger partial charge in [-0.05, 0) is 61.3 Å². The normalized spacial score (nSPS) is 16.0. The lowest BCUT2D eigenvalue weighted by Gasteiger charge is -2.19. The fourth-order valence-corrected chi connectivity index (χ4v) is 3.44. The number of halogens is 1. The molecule has 1 aliphatic carbocycles. The largest absolute Gasteiger partial charge is 0.0908 e. The molecule has 0 N–H and O–H groups in total. The lowest BCUT2D eigenvalue weighted by molar-refractivity contribution is 0.803. The van der Waals surface area contributed by atoms with Gasteiger partial charge in [-0.25, -0.2) is 0 Å². The summed E-state index contributed by atoms with van der Waals surface area (Å²) in [6.07, 6.45) is 6.18. The van der Waals surface area contributed by atoms with Gasteiger partial charge in [0, 0.05) is 10.6 Å². The van der Waals surface area contributed by atoms with Crippen molar-refractivity contribution in [2.75, 3.05) is 0 Å². The minimum atomic E-state index is 0.810. The van der Waals surface area contributed by atoms with Crippen molar-refractivity contribution >= 4 is 17.2 Å². The second kappa shape index (κ2) is 6.63. The highest BCUT2D eigenvalue weighted by Gasteiger charge is 2.28. The van der Waals surface area contributed by atoms with Crippen LogP contribution in [-0.4, -0.2) is 0 Å². The predicted octanol–water partition coefficient (Wildman–Crippen LogP) is 6.58. The summed E-state index contributed by atoms with van der Waals surface area (Å²) < 4.78 is 0. The van der Waals surface area contributed by atoms with E-state index in [0.29, 0.717) is 0 Å². The van der Waals surface area contributed by atoms with E-state index in [1.807, 2.05) is 12.1 Å². The van der Waals surface area contributed by atoms with Crippen LogP contribution in [0, 0.1) is 12.8 Å². The van der Waals surface area contributed by atoms with Crippen LogP contribution < -0.4 is 0 Å². The Balaban J connectivity index is 2.45. The van der Waals surface area contributed by atoms with E-state index in [0.717, 1.165) is 28.5 Å². The van der Waals surface area contributed by atoms with Gasteiger partial charge in [0.1, 0.15) is 0 Å². The van der Waals surface area contributed by atoms with Crippen LogP contribution in [0.25, 0.3) is 5.57 Å². The molecule has 1 aromatic rings. The van der Waals surface area contributed by atoms with E-state index in [9.17, 15) is 0 Å². The molecule has 2 rings (SSSR count). The van der Waals surface area contributed by atoms with Crippen molar-refractivity contribution in [3.8, 4) is 0 Å². The van der Waals surface area contributed by atoms with E-state index in [2.05, 4.69) is 33.4 Å². The molecule has 0 nitrogen and oxygen atoms in total. The van der Waals surface area contributed by atoms with Crippen LogP contribution in [0.2, 0.25) is 5.02 Å². The molecule has 0 radical (unpaired) electrons. The van der Waals surface area contributed by atoms with Gasteiger partial charge in [0.2, 0.25) is 0 Å².